The highest BCUT2D eigenvalue weighted by atomic mass is 32.1. The van der Waals surface area contributed by atoms with Gasteiger partial charge < -0.3 is 0 Å². The van der Waals surface area contributed by atoms with Gasteiger partial charge in [0.15, 0.2) is 17.5 Å². The highest BCUT2D eigenvalue weighted by Gasteiger charge is 2.17. The van der Waals surface area contributed by atoms with Crippen molar-refractivity contribution in [1.29, 1.82) is 0 Å². The van der Waals surface area contributed by atoms with E-state index in [4.69, 9.17) is 15.0 Å². The molecule has 0 aliphatic carbocycles. The summed E-state index contributed by atoms with van der Waals surface area (Å²) in [6.07, 6.45) is 0. The van der Waals surface area contributed by atoms with Gasteiger partial charge in [-0.1, -0.05) is 182 Å². The number of rotatable bonds is 6. The van der Waals surface area contributed by atoms with Crippen LogP contribution in [0.3, 0.4) is 0 Å². The molecule has 2 aromatic heterocycles. The SMILES string of the molecule is c1ccc(-c2cccc(-c3nc(-c4cccc(-c5ccccc5)c4)nc(-c4cccc(-c5cccc6c5sc5c6ccc6ccc7ccccc7c65)c4)n3)c2)cc1. The van der Waals surface area contributed by atoms with E-state index in [0.717, 1.165) is 44.5 Å². The van der Waals surface area contributed by atoms with Crippen LogP contribution in [0.2, 0.25) is 0 Å². The lowest BCUT2D eigenvalue weighted by Crippen LogP contribution is -2.00. The molecule has 3 nitrogen and oxygen atoms in total. The molecule has 57 heavy (non-hydrogen) atoms. The molecule has 11 aromatic rings. The second kappa shape index (κ2) is 13.8. The van der Waals surface area contributed by atoms with Gasteiger partial charge in [0.05, 0.1) is 0 Å². The van der Waals surface area contributed by atoms with Crippen LogP contribution in [-0.4, -0.2) is 15.0 Å². The van der Waals surface area contributed by atoms with Crippen molar-refractivity contribution in [3.05, 3.63) is 200 Å². The summed E-state index contributed by atoms with van der Waals surface area (Å²) in [5.41, 5.74) is 9.65. The van der Waals surface area contributed by atoms with Crippen LogP contribution in [0.15, 0.2) is 200 Å². The molecule has 2 heterocycles. The van der Waals surface area contributed by atoms with Gasteiger partial charge in [-0.25, -0.2) is 15.0 Å². The number of nitrogens with zero attached hydrogens (tertiary/aromatic N) is 3. The third-order valence-corrected chi connectivity index (χ3v) is 12.2. The zero-order chi connectivity index (χ0) is 37.7. The van der Waals surface area contributed by atoms with Gasteiger partial charge in [0.1, 0.15) is 0 Å². The van der Waals surface area contributed by atoms with Crippen LogP contribution < -0.4 is 0 Å². The fraction of sp³-hybridized carbons (Fsp3) is 0. The summed E-state index contributed by atoms with van der Waals surface area (Å²) in [6.45, 7) is 0. The molecule has 0 amide bonds. The van der Waals surface area contributed by atoms with E-state index in [1.807, 2.05) is 23.5 Å². The lowest BCUT2D eigenvalue weighted by Gasteiger charge is -2.11. The Morgan fingerprint density at radius 3 is 1.35 bits per heavy atom. The summed E-state index contributed by atoms with van der Waals surface area (Å²) < 4.78 is 2.60. The summed E-state index contributed by atoms with van der Waals surface area (Å²) in [4.78, 5) is 15.5. The summed E-state index contributed by atoms with van der Waals surface area (Å²) in [5, 5.41) is 7.71. The Morgan fingerprint density at radius 2 is 0.719 bits per heavy atom. The maximum Gasteiger partial charge on any atom is 0.164 e. The minimum absolute atomic E-state index is 0.632. The highest BCUT2D eigenvalue weighted by Crippen LogP contribution is 2.45. The molecule has 0 aliphatic heterocycles. The quantitative estimate of drug-likeness (QED) is 0.159. The number of fused-ring (bicyclic) bond motifs is 7. The topological polar surface area (TPSA) is 38.7 Å². The van der Waals surface area contributed by atoms with Gasteiger partial charge in [-0.2, -0.15) is 0 Å². The normalized spacial score (nSPS) is 11.5. The molecule has 0 saturated carbocycles. The third kappa shape index (κ3) is 5.95. The lowest BCUT2D eigenvalue weighted by atomic mass is 9.98. The Bertz CT molecular complexity index is 3200. The van der Waals surface area contributed by atoms with Crippen molar-refractivity contribution in [2.75, 3.05) is 0 Å². The van der Waals surface area contributed by atoms with Crippen LogP contribution in [0.1, 0.15) is 0 Å². The summed E-state index contributed by atoms with van der Waals surface area (Å²) in [5.74, 6) is 1.90. The Morgan fingerprint density at radius 1 is 0.281 bits per heavy atom. The molecule has 0 atom stereocenters. The second-order valence-electron chi connectivity index (χ2n) is 14.4. The average Bonchev–Trinajstić information content (AvgIpc) is 3.69. The van der Waals surface area contributed by atoms with Crippen molar-refractivity contribution in [2.24, 2.45) is 0 Å². The van der Waals surface area contributed by atoms with Gasteiger partial charge in [-0.05, 0) is 67.7 Å². The van der Waals surface area contributed by atoms with Crippen LogP contribution in [-0.2, 0) is 0 Å². The Balaban J connectivity index is 1.07. The molecule has 266 valence electrons. The van der Waals surface area contributed by atoms with E-state index >= 15 is 0 Å². The van der Waals surface area contributed by atoms with Gasteiger partial charge in [0, 0.05) is 42.2 Å². The van der Waals surface area contributed by atoms with Gasteiger partial charge in [0.25, 0.3) is 0 Å². The van der Waals surface area contributed by atoms with E-state index in [9.17, 15) is 0 Å². The van der Waals surface area contributed by atoms with Gasteiger partial charge in [0.2, 0.25) is 0 Å². The van der Waals surface area contributed by atoms with Gasteiger partial charge in [-0.15, -0.1) is 11.3 Å². The lowest BCUT2D eigenvalue weighted by molar-refractivity contribution is 1.07. The monoisotopic (exact) mass is 743 g/mol. The zero-order valence-corrected chi connectivity index (χ0v) is 31.6. The van der Waals surface area contributed by atoms with E-state index in [2.05, 4.69) is 188 Å². The van der Waals surface area contributed by atoms with Crippen molar-refractivity contribution in [1.82, 2.24) is 15.0 Å². The zero-order valence-electron chi connectivity index (χ0n) is 30.8. The van der Waals surface area contributed by atoms with Crippen LogP contribution in [0.5, 0.6) is 0 Å². The third-order valence-electron chi connectivity index (χ3n) is 10.9. The van der Waals surface area contributed by atoms with Gasteiger partial charge in [-0.3, -0.25) is 0 Å². The van der Waals surface area contributed by atoms with Crippen LogP contribution in [0, 0.1) is 0 Å². The first-order chi connectivity index (χ1) is 28.2. The second-order valence-corrected chi connectivity index (χ2v) is 15.4. The molecular weight excluding hydrogens is 711 g/mol. The van der Waals surface area contributed by atoms with E-state index in [1.165, 1.54) is 47.3 Å². The van der Waals surface area contributed by atoms with E-state index in [0.29, 0.717) is 17.5 Å². The van der Waals surface area contributed by atoms with Crippen LogP contribution >= 0.6 is 11.3 Å². The molecular formula is C53H33N3S. The standard InChI is InChI=1S/C53H33N3S/c1-3-13-34(14-4-1)38-18-9-21-41(31-38)51-54-52(42-22-10-19-39(32-42)35-15-5-2-6-16-35)56-53(55-51)43-23-11-20-40(33-43)45-25-12-26-46-47-30-29-37-28-27-36-17-7-8-24-44(36)48(37)50(47)57-49(45)46/h1-33H. The fourth-order valence-electron chi connectivity index (χ4n) is 8.10. The predicted molar refractivity (Wildman–Crippen MR) is 240 cm³/mol. The van der Waals surface area contributed by atoms with Crippen LogP contribution in [0.4, 0.5) is 0 Å². The largest absolute Gasteiger partial charge is 0.208 e. The molecule has 0 fully saturated rings. The average molecular weight is 744 g/mol. The predicted octanol–water partition coefficient (Wildman–Crippen LogP) is 14.5. The Hall–Kier alpha value is -7.27. The summed E-state index contributed by atoms with van der Waals surface area (Å²) in [6, 6.07) is 70.9. The first-order valence-corrected chi connectivity index (χ1v) is 20.0. The number of thiophene rings is 1. The van der Waals surface area contributed by atoms with Crippen molar-refractivity contribution in [2.45, 2.75) is 0 Å². The minimum atomic E-state index is 0.632. The Kier molecular flexibility index (Phi) is 8.01. The number of aromatic nitrogens is 3. The fourth-order valence-corrected chi connectivity index (χ4v) is 9.50. The maximum atomic E-state index is 5.19. The van der Waals surface area contributed by atoms with E-state index < -0.39 is 0 Å². The summed E-state index contributed by atoms with van der Waals surface area (Å²) >= 11 is 1.89. The van der Waals surface area contributed by atoms with E-state index in [1.54, 1.807) is 0 Å². The van der Waals surface area contributed by atoms with Crippen LogP contribution in [0.25, 0.3) is 109 Å². The maximum absolute atomic E-state index is 5.19. The molecule has 9 aromatic carbocycles. The molecule has 0 saturated heterocycles. The smallest absolute Gasteiger partial charge is 0.164 e. The number of hydrogen-bond donors (Lipinski definition) is 0. The highest BCUT2D eigenvalue weighted by molar-refractivity contribution is 7.27. The van der Waals surface area contributed by atoms with Gasteiger partial charge >= 0.3 is 0 Å². The molecule has 0 spiro atoms. The number of hydrogen-bond acceptors (Lipinski definition) is 4. The Labute approximate surface area is 334 Å². The molecule has 0 aliphatic rings. The molecule has 11 rings (SSSR count). The summed E-state index contributed by atoms with van der Waals surface area (Å²) in [7, 11) is 0. The molecule has 0 N–H and O–H groups in total. The van der Waals surface area contributed by atoms with Crippen molar-refractivity contribution in [3.8, 4) is 67.5 Å². The number of benzene rings is 9. The first kappa shape index (κ1) is 33.1. The van der Waals surface area contributed by atoms with Crippen molar-refractivity contribution >= 4 is 53.1 Å². The molecule has 0 unspecified atom stereocenters. The molecule has 0 bridgehead atoms. The molecule has 0 radical (unpaired) electrons. The molecule has 4 heteroatoms. The minimum Gasteiger partial charge on any atom is -0.208 e. The van der Waals surface area contributed by atoms with E-state index in [-0.39, 0.29) is 0 Å². The van der Waals surface area contributed by atoms with Crippen molar-refractivity contribution in [3.63, 3.8) is 0 Å². The van der Waals surface area contributed by atoms with Crippen molar-refractivity contribution < 1.29 is 0 Å². The first-order valence-electron chi connectivity index (χ1n) is 19.2.